The highest BCUT2D eigenvalue weighted by molar-refractivity contribution is 7.10. The number of carbonyl (C=O) groups is 1. The number of rotatable bonds is 5. The molecule has 1 aliphatic rings. The Morgan fingerprint density at radius 3 is 2.43 bits per heavy atom. The van der Waals surface area contributed by atoms with Gasteiger partial charge in [-0.15, -0.1) is 11.3 Å². The fraction of sp³-hybridized carbons (Fsp3) is 0.706. The summed E-state index contributed by atoms with van der Waals surface area (Å²) in [6.07, 6.45) is 6.33. The van der Waals surface area contributed by atoms with Crippen LogP contribution < -0.4 is 5.73 Å². The third kappa shape index (κ3) is 3.49. The Labute approximate surface area is 132 Å². The molecule has 2 N–H and O–H groups in total. The van der Waals surface area contributed by atoms with Crippen LogP contribution >= 0.6 is 11.3 Å². The van der Waals surface area contributed by atoms with Gasteiger partial charge in [-0.05, 0) is 70.5 Å². The van der Waals surface area contributed by atoms with E-state index < -0.39 is 0 Å². The maximum absolute atomic E-state index is 11.5. The summed E-state index contributed by atoms with van der Waals surface area (Å²) in [5, 5.41) is 1.95. The molecule has 0 bridgehead atoms. The summed E-state index contributed by atoms with van der Waals surface area (Å²) in [6.45, 7) is 4.33. The molecule has 1 unspecified atom stereocenters. The second-order valence-electron chi connectivity index (χ2n) is 6.55. The normalized spacial score (nSPS) is 24.2. The SMILES string of the molecule is CCC(c1scc(C(N)=O)c1C)C1CCC(N(C)C)CC1. The van der Waals surface area contributed by atoms with Gasteiger partial charge >= 0.3 is 0 Å². The number of carbonyl (C=O) groups excluding carboxylic acids is 1. The first kappa shape index (κ1) is 16.5. The summed E-state index contributed by atoms with van der Waals surface area (Å²) in [5.41, 5.74) is 7.30. The van der Waals surface area contributed by atoms with Gasteiger partial charge in [-0.1, -0.05) is 6.92 Å². The molecule has 1 atom stereocenters. The van der Waals surface area contributed by atoms with E-state index in [0.717, 1.165) is 29.5 Å². The van der Waals surface area contributed by atoms with Gasteiger partial charge in [-0.3, -0.25) is 4.79 Å². The fourth-order valence-electron chi connectivity index (χ4n) is 3.79. The number of primary amides is 1. The van der Waals surface area contributed by atoms with Crippen molar-refractivity contribution in [2.45, 2.75) is 57.9 Å². The zero-order valence-electron chi connectivity index (χ0n) is 13.7. The van der Waals surface area contributed by atoms with Gasteiger partial charge in [0.1, 0.15) is 0 Å². The topological polar surface area (TPSA) is 46.3 Å². The van der Waals surface area contributed by atoms with E-state index >= 15 is 0 Å². The van der Waals surface area contributed by atoms with Crippen molar-refractivity contribution < 1.29 is 4.79 Å². The first-order chi connectivity index (χ1) is 9.95. The van der Waals surface area contributed by atoms with Gasteiger partial charge in [0.25, 0.3) is 0 Å². The zero-order valence-corrected chi connectivity index (χ0v) is 14.5. The third-order valence-corrected chi connectivity index (χ3v) is 6.38. The summed E-state index contributed by atoms with van der Waals surface area (Å²) < 4.78 is 0. The molecule has 1 aliphatic carbocycles. The highest BCUT2D eigenvalue weighted by Crippen LogP contribution is 2.42. The average Bonchev–Trinajstić information content (AvgIpc) is 2.82. The quantitative estimate of drug-likeness (QED) is 0.900. The second kappa shape index (κ2) is 6.93. The van der Waals surface area contributed by atoms with Crippen molar-refractivity contribution in [1.29, 1.82) is 0 Å². The summed E-state index contributed by atoms with van der Waals surface area (Å²) in [7, 11) is 4.37. The van der Waals surface area contributed by atoms with Crippen LogP contribution in [0.2, 0.25) is 0 Å². The summed E-state index contributed by atoms with van der Waals surface area (Å²) in [6, 6.07) is 0.740. The summed E-state index contributed by atoms with van der Waals surface area (Å²) in [5.74, 6) is 1.05. The minimum Gasteiger partial charge on any atom is -0.366 e. The van der Waals surface area contributed by atoms with Crippen LogP contribution in [0.3, 0.4) is 0 Å². The number of hydrogen-bond acceptors (Lipinski definition) is 3. The molecule has 0 spiro atoms. The molecule has 4 heteroatoms. The van der Waals surface area contributed by atoms with Gasteiger partial charge in [0.05, 0.1) is 5.56 Å². The Bertz CT molecular complexity index is 487. The molecular weight excluding hydrogens is 280 g/mol. The van der Waals surface area contributed by atoms with Crippen LogP contribution in [0.5, 0.6) is 0 Å². The van der Waals surface area contributed by atoms with Crippen LogP contribution in [-0.2, 0) is 0 Å². The van der Waals surface area contributed by atoms with Gasteiger partial charge in [0, 0.05) is 16.3 Å². The van der Waals surface area contributed by atoms with Crippen LogP contribution in [0.1, 0.15) is 65.7 Å². The van der Waals surface area contributed by atoms with Crippen LogP contribution in [-0.4, -0.2) is 30.9 Å². The third-order valence-electron chi connectivity index (χ3n) is 5.16. The molecule has 3 nitrogen and oxygen atoms in total. The molecular formula is C17H28N2OS. The second-order valence-corrected chi connectivity index (χ2v) is 7.46. The fourth-order valence-corrected chi connectivity index (χ4v) is 5.15. The van der Waals surface area contributed by atoms with Crippen molar-refractivity contribution in [1.82, 2.24) is 4.90 Å². The van der Waals surface area contributed by atoms with Crippen molar-refractivity contribution >= 4 is 17.2 Å². The Morgan fingerprint density at radius 2 is 2.00 bits per heavy atom. The molecule has 2 rings (SSSR count). The molecule has 1 aromatic rings. The van der Waals surface area contributed by atoms with Crippen molar-refractivity contribution in [3.05, 3.63) is 21.4 Å². The van der Waals surface area contributed by atoms with Crippen molar-refractivity contribution in [2.24, 2.45) is 11.7 Å². The monoisotopic (exact) mass is 308 g/mol. The molecule has 1 fully saturated rings. The van der Waals surface area contributed by atoms with E-state index in [1.54, 1.807) is 11.3 Å². The Morgan fingerprint density at radius 1 is 1.38 bits per heavy atom. The van der Waals surface area contributed by atoms with Crippen molar-refractivity contribution in [3.8, 4) is 0 Å². The van der Waals surface area contributed by atoms with Crippen molar-refractivity contribution in [3.63, 3.8) is 0 Å². The van der Waals surface area contributed by atoms with Crippen LogP contribution in [0.15, 0.2) is 5.38 Å². The lowest BCUT2D eigenvalue weighted by Crippen LogP contribution is -2.33. The lowest BCUT2D eigenvalue weighted by Gasteiger charge is -2.36. The first-order valence-electron chi connectivity index (χ1n) is 7.99. The molecule has 1 saturated carbocycles. The predicted molar refractivity (Wildman–Crippen MR) is 90.0 cm³/mol. The van der Waals surface area contributed by atoms with E-state index in [1.807, 2.05) is 5.38 Å². The molecule has 0 aliphatic heterocycles. The van der Waals surface area contributed by atoms with Crippen LogP contribution in [0.4, 0.5) is 0 Å². The average molecular weight is 308 g/mol. The molecule has 118 valence electrons. The lowest BCUT2D eigenvalue weighted by molar-refractivity contribution is 0.1000. The van der Waals surface area contributed by atoms with Gasteiger partial charge in [0.15, 0.2) is 0 Å². The predicted octanol–water partition coefficient (Wildman–Crippen LogP) is 3.77. The molecule has 21 heavy (non-hydrogen) atoms. The maximum atomic E-state index is 11.5. The Hall–Kier alpha value is -0.870. The number of hydrogen-bond donors (Lipinski definition) is 1. The van der Waals surface area contributed by atoms with E-state index in [2.05, 4.69) is 32.8 Å². The number of amides is 1. The van der Waals surface area contributed by atoms with E-state index in [1.165, 1.54) is 30.6 Å². The van der Waals surface area contributed by atoms with Crippen molar-refractivity contribution in [2.75, 3.05) is 14.1 Å². The maximum Gasteiger partial charge on any atom is 0.249 e. The van der Waals surface area contributed by atoms with Gasteiger partial charge in [-0.25, -0.2) is 0 Å². The first-order valence-corrected chi connectivity index (χ1v) is 8.87. The van der Waals surface area contributed by atoms with Crippen LogP contribution in [0, 0.1) is 12.8 Å². The molecule has 0 radical (unpaired) electrons. The highest BCUT2D eigenvalue weighted by Gasteiger charge is 2.30. The standard InChI is InChI=1S/C17H28N2OS/c1-5-14(12-6-8-13(9-7-12)19(3)4)16-11(2)15(10-21-16)17(18)20/h10,12-14H,5-9H2,1-4H3,(H2,18,20). The van der Waals surface area contributed by atoms with Gasteiger partial charge in [0.2, 0.25) is 5.91 Å². The van der Waals surface area contributed by atoms with E-state index in [4.69, 9.17) is 5.73 Å². The Balaban J connectivity index is 2.12. The molecule has 0 aromatic carbocycles. The van der Waals surface area contributed by atoms with E-state index in [9.17, 15) is 4.79 Å². The van der Waals surface area contributed by atoms with E-state index in [0.29, 0.717) is 5.92 Å². The molecule has 1 amide bonds. The van der Waals surface area contributed by atoms with Crippen LogP contribution in [0.25, 0.3) is 0 Å². The molecule has 1 aromatic heterocycles. The smallest absolute Gasteiger partial charge is 0.249 e. The number of thiophene rings is 1. The summed E-state index contributed by atoms with van der Waals surface area (Å²) in [4.78, 5) is 15.2. The van der Waals surface area contributed by atoms with Gasteiger partial charge < -0.3 is 10.6 Å². The molecule has 0 saturated heterocycles. The number of nitrogens with zero attached hydrogens (tertiary/aromatic N) is 1. The Kier molecular flexibility index (Phi) is 5.44. The number of nitrogens with two attached hydrogens (primary N) is 1. The van der Waals surface area contributed by atoms with Gasteiger partial charge in [-0.2, -0.15) is 0 Å². The summed E-state index contributed by atoms with van der Waals surface area (Å²) >= 11 is 1.73. The highest BCUT2D eigenvalue weighted by atomic mass is 32.1. The van der Waals surface area contributed by atoms with E-state index in [-0.39, 0.29) is 5.91 Å². The zero-order chi connectivity index (χ0) is 15.6. The minimum atomic E-state index is -0.291. The molecule has 1 heterocycles. The largest absolute Gasteiger partial charge is 0.366 e. The lowest BCUT2D eigenvalue weighted by atomic mass is 9.75. The minimum absolute atomic E-state index is 0.291.